The molecular formula is C28H35N3OS. The number of aromatic hydroxyl groups is 1. The van der Waals surface area contributed by atoms with Crippen molar-refractivity contribution in [1.82, 2.24) is 10.3 Å². The molecule has 5 heteroatoms. The lowest BCUT2D eigenvalue weighted by atomic mass is 9.79. The van der Waals surface area contributed by atoms with Gasteiger partial charge in [-0.2, -0.15) is 0 Å². The van der Waals surface area contributed by atoms with Crippen molar-refractivity contribution in [3.63, 3.8) is 0 Å². The zero-order chi connectivity index (χ0) is 23.8. The van der Waals surface area contributed by atoms with E-state index in [9.17, 15) is 5.11 Å². The molecule has 2 heterocycles. The minimum Gasteiger partial charge on any atom is -0.507 e. The van der Waals surface area contributed by atoms with Crippen LogP contribution < -0.4 is 10.6 Å². The Morgan fingerprint density at radius 2 is 1.61 bits per heavy atom. The van der Waals surface area contributed by atoms with Gasteiger partial charge in [-0.3, -0.25) is 0 Å². The summed E-state index contributed by atoms with van der Waals surface area (Å²) < 4.78 is 0. The third-order valence-electron chi connectivity index (χ3n) is 6.22. The lowest BCUT2D eigenvalue weighted by molar-refractivity contribution is 0.170. The maximum Gasteiger partial charge on any atom is 0.127 e. The highest BCUT2D eigenvalue weighted by Gasteiger charge is 2.37. The van der Waals surface area contributed by atoms with Gasteiger partial charge in [0, 0.05) is 27.6 Å². The Labute approximate surface area is 202 Å². The van der Waals surface area contributed by atoms with Crippen LogP contribution in [0.1, 0.15) is 46.1 Å². The first-order chi connectivity index (χ1) is 15.5. The molecule has 0 atom stereocenters. The maximum atomic E-state index is 10.6. The molecule has 33 heavy (non-hydrogen) atoms. The number of pyridine rings is 1. The monoisotopic (exact) mass is 461 g/mol. The van der Waals surface area contributed by atoms with E-state index in [1.165, 1.54) is 4.90 Å². The largest absolute Gasteiger partial charge is 0.507 e. The van der Waals surface area contributed by atoms with Crippen LogP contribution in [0.25, 0.3) is 22.4 Å². The quantitative estimate of drug-likeness (QED) is 0.362. The molecule has 1 aromatic heterocycles. The number of phenols is 1. The summed E-state index contributed by atoms with van der Waals surface area (Å²) in [5.41, 5.74) is 4.94. The maximum absolute atomic E-state index is 10.6. The number of thioether (sulfide) groups is 1. The van der Waals surface area contributed by atoms with Gasteiger partial charge >= 0.3 is 0 Å². The van der Waals surface area contributed by atoms with Gasteiger partial charge in [-0.05, 0) is 101 Å². The Balaban J connectivity index is 1.76. The second kappa shape index (κ2) is 9.03. The van der Waals surface area contributed by atoms with E-state index in [1.807, 2.05) is 19.1 Å². The molecule has 3 N–H and O–H groups in total. The Hall–Kier alpha value is -2.50. The molecule has 0 amide bonds. The van der Waals surface area contributed by atoms with Crippen molar-refractivity contribution in [3.05, 3.63) is 60.2 Å². The average Bonchev–Trinajstić information content (AvgIpc) is 2.73. The van der Waals surface area contributed by atoms with Gasteiger partial charge in [0.25, 0.3) is 0 Å². The molecule has 1 aliphatic rings. The van der Waals surface area contributed by atoms with E-state index in [-0.39, 0.29) is 16.8 Å². The van der Waals surface area contributed by atoms with Gasteiger partial charge < -0.3 is 15.7 Å². The fourth-order valence-corrected chi connectivity index (χ4v) is 5.59. The summed E-state index contributed by atoms with van der Waals surface area (Å²) in [6.07, 6.45) is 4.11. The van der Waals surface area contributed by atoms with Crippen molar-refractivity contribution in [2.24, 2.45) is 0 Å². The number of aromatic nitrogens is 1. The minimum absolute atomic E-state index is 0.0440. The number of anilines is 1. The highest BCUT2D eigenvalue weighted by Crippen LogP contribution is 2.35. The van der Waals surface area contributed by atoms with E-state index in [0.717, 1.165) is 46.6 Å². The molecule has 1 fully saturated rings. The van der Waals surface area contributed by atoms with Gasteiger partial charge in [0.05, 0.1) is 5.69 Å². The molecule has 2 aromatic carbocycles. The SMILES string of the molecule is CSc1ccc(-c2cc(NC3CC(C)(C)NC(C)(C)C3)nc(-c3cc(C)ccc3O)c2)cc1. The Bertz CT molecular complexity index is 1120. The van der Waals surface area contributed by atoms with E-state index in [2.05, 4.69) is 81.0 Å². The summed E-state index contributed by atoms with van der Waals surface area (Å²) in [6.45, 7) is 11.1. The van der Waals surface area contributed by atoms with Crippen molar-refractivity contribution in [1.29, 1.82) is 0 Å². The number of phenolic OH excluding ortho intramolecular Hbond substituents is 1. The minimum atomic E-state index is 0.0440. The van der Waals surface area contributed by atoms with Crippen LogP contribution in [-0.4, -0.2) is 33.5 Å². The molecule has 0 aliphatic carbocycles. The fraction of sp³-hybridized carbons (Fsp3) is 0.393. The van der Waals surface area contributed by atoms with Crippen LogP contribution in [0, 0.1) is 6.92 Å². The average molecular weight is 462 g/mol. The van der Waals surface area contributed by atoms with Crippen LogP contribution in [0.4, 0.5) is 5.82 Å². The number of hydrogen-bond donors (Lipinski definition) is 3. The van der Waals surface area contributed by atoms with E-state index in [0.29, 0.717) is 6.04 Å². The second-order valence-corrected chi connectivity index (χ2v) is 11.4. The predicted molar refractivity (Wildman–Crippen MR) is 141 cm³/mol. The Kier molecular flexibility index (Phi) is 6.47. The molecule has 174 valence electrons. The van der Waals surface area contributed by atoms with Crippen molar-refractivity contribution < 1.29 is 5.11 Å². The third kappa shape index (κ3) is 5.71. The summed E-state index contributed by atoms with van der Waals surface area (Å²) in [5, 5.41) is 18.1. The highest BCUT2D eigenvalue weighted by molar-refractivity contribution is 7.98. The van der Waals surface area contributed by atoms with Gasteiger partial charge in [0.1, 0.15) is 11.6 Å². The molecule has 3 aromatic rings. The molecule has 4 nitrogen and oxygen atoms in total. The molecule has 1 aliphatic heterocycles. The number of nitrogens with zero attached hydrogens (tertiary/aromatic N) is 1. The topological polar surface area (TPSA) is 57.2 Å². The van der Waals surface area contributed by atoms with Crippen molar-refractivity contribution >= 4 is 17.6 Å². The van der Waals surface area contributed by atoms with Gasteiger partial charge in [0.2, 0.25) is 0 Å². The lowest BCUT2D eigenvalue weighted by Gasteiger charge is -2.46. The van der Waals surface area contributed by atoms with Crippen LogP contribution in [0.15, 0.2) is 59.5 Å². The highest BCUT2D eigenvalue weighted by atomic mass is 32.2. The number of aryl methyl sites for hydroxylation is 1. The Morgan fingerprint density at radius 3 is 2.24 bits per heavy atom. The van der Waals surface area contributed by atoms with Gasteiger partial charge in [-0.1, -0.05) is 23.8 Å². The zero-order valence-electron chi connectivity index (χ0n) is 20.5. The smallest absolute Gasteiger partial charge is 0.127 e. The molecule has 4 rings (SSSR count). The first kappa shape index (κ1) is 23.7. The summed E-state index contributed by atoms with van der Waals surface area (Å²) in [6, 6.07) is 18.8. The molecule has 0 spiro atoms. The van der Waals surface area contributed by atoms with Gasteiger partial charge in [-0.15, -0.1) is 11.8 Å². The third-order valence-corrected chi connectivity index (χ3v) is 6.96. The number of benzene rings is 2. The van der Waals surface area contributed by atoms with Crippen LogP contribution in [0.3, 0.4) is 0 Å². The van der Waals surface area contributed by atoms with Crippen LogP contribution in [0.5, 0.6) is 5.75 Å². The second-order valence-electron chi connectivity index (χ2n) is 10.5. The lowest BCUT2D eigenvalue weighted by Crippen LogP contribution is -2.60. The van der Waals surface area contributed by atoms with E-state index in [4.69, 9.17) is 4.98 Å². The predicted octanol–water partition coefficient (Wildman–Crippen LogP) is 6.87. The fourth-order valence-electron chi connectivity index (χ4n) is 5.18. The van der Waals surface area contributed by atoms with Crippen LogP contribution in [-0.2, 0) is 0 Å². The van der Waals surface area contributed by atoms with Crippen molar-refractivity contribution in [3.8, 4) is 28.1 Å². The number of nitrogens with one attached hydrogen (secondary N) is 2. The molecule has 0 bridgehead atoms. The first-order valence-corrected chi connectivity index (χ1v) is 12.8. The Morgan fingerprint density at radius 1 is 0.939 bits per heavy atom. The molecular weight excluding hydrogens is 426 g/mol. The zero-order valence-corrected chi connectivity index (χ0v) is 21.3. The molecule has 0 saturated carbocycles. The summed E-state index contributed by atoms with van der Waals surface area (Å²) >= 11 is 1.74. The van der Waals surface area contributed by atoms with Crippen LogP contribution >= 0.6 is 11.8 Å². The van der Waals surface area contributed by atoms with Crippen molar-refractivity contribution in [2.45, 2.75) is 69.5 Å². The van der Waals surface area contributed by atoms with E-state index >= 15 is 0 Å². The van der Waals surface area contributed by atoms with Gasteiger partial charge in [0.15, 0.2) is 0 Å². The van der Waals surface area contributed by atoms with E-state index in [1.54, 1.807) is 17.8 Å². The summed E-state index contributed by atoms with van der Waals surface area (Å²) in [7, 11) is 0. The summed E-state index contributed by atoms with van der Waals surface area (Å²) in [5.74, 6) is 1.09. The number of piperidine rings is 1. The van der Waals surface area contributed by atoms with Crippen LogP contribution in [0.2, 0.25) is 0 Å². The van der Waals surface area contributed by atoms with Crippen molar-refractivity contribution in [2.75, 3.05) is 11.6 Å². The van der Waals surface area contributed by atoms with Gasteiger partial charge in [-0.25, -0.2) is 4.98 Å². The molecule has 1 saturated heterocycles. The first-order valence-electron chi connectivity index (χ1n) is 11.6. The molecule has 0 unspecified atom stereocenters. The standard InChI is InChI=1S/C28H35N3OS/c1-18-7-12-25(32)23(13-18)24-14-20(19-8-10-22(33-6)11-9-19)15-26(30-24)29-21-16-27(2,3)31-28(4,5)17-21/h7-15,21,31-32H,16-17H2,1-6H3,(H,29,30). The van der Waals surface area contributed by atoms with E-state index < -0.39 is 0 Å². The number of rotatable bonds is 5. The summed E-state index contributed by atoms with van der Waals surface area (Å²) in [4.78, 5) is 6.20. The normalized spacial score (nSPS) is 17.6. The number of hydrogen-bond acceptors (Lipinski definition) is 5. The molecule has 0 radical (unpaired) electrons.